The highest BCUT2D eigenvalue weighted by molar-refractivity contribution is 8.00. The van der Waals surface area contributed by atoms with Gasteiger partial charge in [0.15, 0.2) is 0 Å². The predicted octanol–water partition coefficient (Wildman–Crippen LogP) is 4.79. The van der Waals surface area contributed by atoms with Crippen molar-refractivity contribution in [3.05, 3.63) is 45.8 Å². The molecule has 2 aromatic heterocycles. The number of nitrogens with zero attached hydrogens (tertiary/aromatic N) is 2. The molecule has 0 aliphatic heterocycles. The Morgan fingerprint density at radius 2 is 2.00 bits per heavy atom. The molecule has 1 N–H and O–H groups in total. The summed E-state index contributed by atoms with van der Waals surface area (Å²) in [5, 5.41) is 4.60. The Kier molecular flexibility index (Phi) is 5.06. The second-order valence-electron chi connectivity index (χ2n) is 5.84. The summed E-state index contributed by atoms with van der Waals surface area (Å²) in [7, 11) is 0. The monoisotopic (exact) mass is 375 g/mol. The standard InChI is InChI=1S/C18H18FN3OS2/c1-9-5-6-13(19)7-14(9)22-15(23)8-24-17-16-10(2)11(3)25-18(16)21-12(4)20-17/h5-7H,8H2,1-4H3,(H,22,23). The van der Waals surface area contributed by atoms with E-state index in [1.165, 1.54) is 28.8 Å². The first-order valence-electron chi connectivity index (χ1n) is 7.78. The molecule has 0 unspecified atom stereocenters. The molecule has 3 rings (SSSR count). The van der Waals surface area contributed by atoms with E-state index >= 15 is 0 Å². The van der Waals surface area contributed by atoms with E-state index in [-0.39, 0.29) is 17.5 Å². The Hall–Kier alpha value is -1.99. The van der Waals surface area contributed by atoms with E-state index in [1.54, 1.807) is 17.4 Å². The minimum Gasteiger partial charge on any atom is -0.325 e. The van der Waals surface area contributed by atoms with Gasteiger partial charge in [0.1, 0.15) is 21.5 Å². The summed E-state index contributed by atoms with van der Waals surface area (Å²) in [6, 6.07) is 4.35. The molecule has 1 aromatic carbocycles. The number of carbonyl (C=O) groups is 1. The van der Waals surface area contributed by atoms with Crippen LogP contribution in [0.2, 0.25) is 0 Å². The third-order valence-electron chi connectivity index (χ3n) is 3.92. The van der Waals surface area contributed by atoms with Crippen molar-refractivity contribution in [1.29, 1.82) is 0 Å². The van der Waals surface area contributed by atoms with Crippen molar-refractivity contribution in [2.75, 3.05) is 11.1 Å². The number of aromatic nitrogens is 2. The summed E-state index contributed by atoms with van der Waals surface area (Å²) in [5.41, 5.74) is 2.48. The summed E-state index contributed by atoms with van der Waals surface area (Å²) in [6.45, 7) is 7.79. The van der Waals surface area contributed by atoms with E-state index in [4.69, 9.17) is 0 Å². The fraction of sp³-hybridized carbons (Fsp3) is 0.278. The number of fused-ring (bicyclic) bond motifs is 1. The van der Waals surface area contributed by atoms with Gasteiger partial charge in [-0.2, -0.15) is 0 Å². The first-order valence-corrected chi connectivity index (χ1v) is 9.58. The number of amides is 1. The van der Waals surface area contributed by atoms with Crippen molar-refractivity contribution in [1.82, 2.24) is 9.97 Å². The van der Waals surface area contributed by atoms with Gasteiger partial charge >= 0.3 is 0 Å². The zero-order chi connectivity index (χ0) is 18.1. The number of thioether (sulfide) groups is 1. The number of thiophene rings is 1. The van der Waals surface area contributed by atoms with E-state index in [0.717, 1.165) is 26.4 Å². The molecule has 7 heteroatoms. The summed E-state index contributed by atoms with van der Waals surface area (Å²) in [6.07, 6.45) is 0. The van der Waals surface area contributed by atoms with Gasteiger partial charge in [-0.25, -0.2) is 14.4 Å². The van der Waals surface area contributed by atoms with Gasteiger partial charge < -0.3 is 5.32 Å². The Morgan fingerprint density at radius 3 is 2.76 bits per heavy atom. The van der Waals surface area contributed by atoms with Gasteiger partial charge in [-0.1, -0.05) is 17.8 Å². The molecule has 25 heavy (non-hydrogen) atoms. The molecule has 0 fully saturated rings. The number of hydrogen-bond acceptors (Lipinski definition) is 5. The van der Waals surface area contributed by atoms with Gasteiger partial charge in [0.25, 0.3) is 0 Å². The summed E-state index contributed by atoms with van der Waals surface area (Å²) in [5.74, 6) is 0.340. The van der Waals surface area contributed by atoms with E-state index in [1.807, 2.05) is 20.8 Å². The average molecular weight is 375 g/mol. The number of aryl methyl sites for hydroxylation is 4. The van der Waals surface area contributed by atoms with Gasteiger partial charge in [0.2, 0.25) is 5.91 Å². The zero-order valence-electron chi connectivity index (χ0n) is 14.4. The molecule has 0 bridgehead atoms. The average Bonchev–Trinajstić information content (AvgIpc) is 2.83. The highest BCUT2D eigenvalue weighted by Gasteiger charge is 2.15. The lowest BCUT2D eigenvalue weighted by atomic mass is 10.2. The number of carbonyl (C=O) groups excluding carboxylic acids is 1. The lowest BCUT2D eigenvalue weighted by Crippen LogP contribution is -2.15. The molecule has 0 aliphatic rings. The summed E-state index contributed by atoms with van der Waals surface area (Å²) < 4.78 is 13.3. The normalized spacial score (nSPS) is 11.1. The van der Waals surface area contributed by atoms with Crippen LogP contribution in [0.5, 0.6) is 0 Å². The molecule has 0 aliphatic carbocycles. The SMILES string of the molecule is Cc1nc(SCC(=O)Nc2cc(F)ccc2C)c2c(C)c(C)sc2n1. The second-order valence-corrected chi connectivity index (χ2v) is 8.00. The maximum absolute atomic E-state index is 13.3. The van der Waals surface area contributed by atoms with Crippen molar-refractivity contribution in [2.24, 2.45) is 0 Å². The number of hydrogen-bond donors (Lipinski definition) is 1. The molecular formula is C18H18FN3OS2. The van der Waals surface area contributed by atoms with Crippen LogP contribution in [0.15, 0.2) is 23.2 Å². The van der Waals surface area contributed by atoms with Crippen LogP contribution in [0.1, 0.15) is 21.8 Å². The topological polar surface area (TPSA) is 54.9 Å². The molecule has 130 valence electrons. The minimum atomic E-state index is -0.369. The number of rotatable bonds is 4. The fourth-order valence-corrected chi connectivity index (χ4v) is 4.54. The van der Waals surface area contributed by atoms with Crippen molar-refractivity contribution >= 4 is 44.9 Å². The number of anilines is 1. The minimum absolute atomic E-state index is 0.187. The molecule has 0 radical (unpaired) electrons. The van der Waals surface area contributed by atoms with Crippen LogP contribution in [0.3, 0.4) is 0 Å². The Bertz CT molecular complexity index is 969. The summed E-state index contributed by atoms with van der Waals surface area (Å²) in [4.78, 5) is 23.4. The Labute approximate surface area is 153 Å². The first kappa shape index (κ1) is 17.8. The lowest BCUT2D eigenvalue weighted by molar-refractivity contribution is -0.113. The van der Waals surface area contributed by atoms with Gasteiger partial charge in [0.05, 0.1) is 5.75 Å². The van der Waals surface area contributed by atoms with Gasteiger partial charge in [-0.3, -0.25) is 4.79 Å². The zero-order valence-corrected chi connectivity index (χ0v) is 16.1. The van der Waals surface area contributed by atoms with E-state index in [0.29, 0.717) is 11.5 Å². The van der Waals surface area contributed by atoms with Crippen molar-refractivity contribution in [2.45, 2.75) is 32.7 Å². The molecule has 0 saturated heterocycles. The maximum atomic E-state index is 13.3. The van der Waals surface area contributed by atoms with Crippen molar-refractivity contribution in [3.63, 3.8) is 0 Å². The Balaban J connectivity index is 1.78. The van der Waals surface area contributed by atoms with Crippen molar-refractivity contribution in [3.8, 4) is 0 Å². The van der Waals surface area contributed by atoms with Crippen LogP contribution < -0.4 is 5.32 Å². The van der Waals surface area contributed by atoms with Crippen LogP contribution in [-0.4, -0.2) is 21.6 Å². The molecule has 4 nitrogen and oxygen atoms in total. The van der Waals surface area contributed by atoms with Crippen LogP contribution in [0.4, 0.5) is 10.1 Å². The van der Waals surface area contributed by atoms with Gasteiger partial charge in [-0.15, -0.1) is 11.3 Å². The molecule has 2 heterocycles. The smallest absolute Gasteiger partial charge is 0.234 e. The van der Waals surface area contributed by atoms with Crippen LogP contribution in [-0.2, 0) is 4.79 Å². The third kappa shape index (κ3) is 3.82. The molecular weight excluding hydrogens is 357 g/mol. The molecule has 0 spiro atoms. The second kappa shape index (κ2) is 7.09. The van der Waals surface area contributed by atoms with Crippen LogP contribution in [0.25, 0.3) is 10.2 Å². The number of nitrogens with one attached hydrogen (secondary N) is 1. The predicted molar refractivity (Wildman–Crippen MR) is 102 cm³/mol. The van der Waals surface area contributed by atoms with E-state index in [2.05, 4.69) is 22.2 Å². The first-order chi connectivity index (χ1) is 11.8. The quantitative estimate of drug-likeness (QED) is 0.526. The summed E-state index contributed by atoms with van der Waals surface area (Å²) >= 11 is 3.02. The highest BCUT2D eigenvalue weighted by Crippen LogP contribution is 2.35. The largest absolute Gasteiger partial charge is 0.325 e. The lowest BCUT2D eigenvalue weighted by Gasteiger charge is -2.09. The molecule has 0 atom stereocenters. The number of benzene rings is 1. The molecule has 0 saturated carbocycles. The van der Waals surface area contributed by atoms with Crippen LogP contribution in [0, 0.1) is 33.5 Å². The van der Waals surface area contributed by atoms with Crippen LogP contribution >= 0.6 is 23.1 Å². The third-order valence-corrected chi connectivity index (χ3v) is 6.00. The molecule has 3 aromatic rings. The van der Waals surface area contributed by atoms with E-state index in [9.17, 15) is 9.18 Å². The number of halogens is 1. The molecule has 1 amide bonds. The van der Waals surface area contributed by atoms with Gasteiger partial charge in [-0.05, 0) is 51.0 Å². The van der Waals surface area contributed by atoms with Crippen molar-refractivity contribution < 1.29 is 9.18 Å². The van der Waals surface area contributed by atoms with E-state index < -0.39 is 0 Å². The Morgan fingerprint density at radius 1 is 1.24 bits per heavy atom. The maximum Gasteiger partial charge on any atom is 0.234 e. The van der Waals surface area contributed by atoms with Gasteiger partial charge in [0, 0.05) is 16.0 Å². The fourth-order valence-electron chi connectivity index (χ4n) is 2.47. The highest BCUT2D eigenvalue weighted by atomic mass is 32.2.